The van der Waals surface area contributed by atoms with Crippen LogP contribution in [0.3, 0.4) is 0 Å². The number of aromatic nitrogens is 1. The van der Waals surface area contributed by atoms with Gasteiger partial charge in [-0.25, -0.2) is 0 Å². The van der Waals surface area contributed by atoms with Crippen LogP contribution >= 0.6 is 0 Å². The third-order valence-corrected chi connectivity index (χ3v) is 4.29. The second-order valence-electron chi connectivity index (χ2n) is 6.81. The van der Waals surface area contributed by atoms with Crippen molar-refractivity contribution < 1.29 is 4.79 Å². The quantitative estimate of drug-likeness (QED) is 0.584. The van der Waals surface area contributed by atoms with Crippen molar-refractivity contribution in [2.24, 2.45) is 0 Å². The van der Waals surface area contributed by atoms with Gasteiger partial charge in [0.15, 0.2) is 0 Å². The Morgan fingerprint density at radius 1 is 0.926 bits per heavy atom. The first-order chi connectivity index (χ1) is 13.1. The molecule has 0 saturated carbocycles. The standard InChI is InChI=1S/C23H25N3O/c1-17-11-18(2)13-21(12-17)26-23(27)20-14-22(16-24-15-20)25-10-6-9-19-7-4-3-5-8-19/h3-5,7-8,11-16,25H,6,9-10H2,1-2H3,(H,26,27). The molecule has 0 bridgehead atoms. The molecule has 3 aromatic rings. The highest BCUT2D eigenvalue weighted by Gasteiger charge is 2.08. The predicted molar refractivity (Wildman–Crippen MR) is 111 cm³/mol. The number of nitrogens with zero attached hydrogens (tertiary/aromatic N) is 1. The molecule has 0 unspecified atom stereocenters. The Morgan fingerprint density at radius 3 is 2.41 bits per heavy atom. The topological polar surface area (TPSA) is 54.0 Å². The largest absolute Gasteiger partial charge is 0.384 e. The highest BCUT2D eigenvalue weighted by Crippen LogP contribution is 2.16. The van der Waals surface area contributed by atoms with Gasteiger partial charge in [-0.1, -0.05) is 36.4 Å². The lowest BCUT2D eigenvalue weighted by molar-refractivity contribution is 0.102. The highest BCUT2D eigenvalue weighted by molar-refractivity contribution is 6.04. The molecule has 1 heterocycles. The number of hydrogen-bond donors (Lipinski definition) is 2. The van der Waals surface area contributed by atoms with Crippen molar-refractivity contribution in [1.82, 2.24) is 4.98 Å². The molecule has 0 saturated heterocycles. The Balaban J connectivity index is 1.55. The maximum Gasteiger partial charge on any atom is 0.257 e. The van der Waals surface area contributed by atoms with E-state index in [4.69, 9.17) is 0 Å². The van der Waals surface area contributed by atoms with E-state index in [1.807, 2.05) is 38.1 Å². The highest BCUT2D eigenvalue weighted by atomic mass is 16.1. The van der Waals surface area contributed by atoms with Crippen molar-refractivity contribution in [3.63, 3.8) is 0 Å². The summed E-state index contributed by atoms with van der Waals surface area (Å²) in [6, 6.07) is 18.3. The molecule has 3 rings (SSSR count). The van der Waals surface area contributed by atoms with Crippen molar-refractivity contribution in [1.29, 1.82) is 0 Å². The van der Waals surface area contributed by atoms with Crippen LogP contribution in [0.25, 0.3) is 0 Å². The minimum Gasteiger partial charge on any atom is -0.384 e. The molecule has 138 valence electrons. The van der Waals surface area contributed by atoms with Crippen molar-refractivity contribution >= 4 is 17.3 Å². The van der Waals surface area contributed by atoms with Gasteiger partial charge in [0.05, 0.1) is 11.3 Å². The summed E-state index contributed by atoms with van der Waals surface area (Å²) in [7, 11) is 0. The molecule has 27 heavy (non-hydrogen) atoms. The van der Waals surface area contributed by atoms with Gasteiger partial charge in [-0.05, 0) is 61.6 Å². The SMILES string of the molecule is Cc1cc(C)cc(NC(=O)c2cncc(NCCCc3ccccc3)c2)c1. The number of benzene rings is 2. The summed E-state index contributed by atoms with van der Waals surface area (Å²) in [6.07, 6.45) is 5.38. The number of hydrogen-bond acceptors (Lipinski definition) is 3. The van der Waals surface area contributed by atoms with E-state index in [2.05, 4.69) is 45.9 Å². The average Bonchev–Trinajstić information content (AvgIpc) is 2.65. The van der Waals surface area contributed by atoms with Crippen molar-refractivity contribution in [2.45, 2.75) is 26.7 Å². The Kier molecular flexibility index (Phi) is 6.21. The summed E-state index contributed by atoms with van der Waals surface area (Å²) in [5.74, 6) is -0.152. The van der Waals surface area contributed by atoms with E-state index in [-0.39, 0.29) is 5.91 Å². The molecule has 2 aromatic carbocycles. The Bertz CT molecular complexity index is 886. The van der Waals surface area contributed by atoms with Gasteiger partial charge in [0.1, 0.15) is 0 Å². The van der Waals surface area contributed by atoms with Gasteiger partial charge in [0.2, 0.25) is 0 Å². The van der Waals surface area contributed by atoms with Crippen LogP contribution < -0.4 is 10.6 Å². The second kappa shape index (κ2) is 8.99. The van der Waals surface area contributed by atoms with Crippen molar-refractivity contribution in [3.8, 4) is 0 Å². The van der Waals surface area contributed by atoms with Crippen LogP contribution in [0.2, 0.25) is 0 Å². The fourth-order valence-corrected chi connectivity index (χ4v) is 3.08. The second-order valence-corrected chi connectivity index (χ2v) is 6.81. The molecule has 0 spiro atoms. The molecule has 0 aliphatic heterocycles. The first-order valence-corrected chi connectivity index (χ1v) is 9.23. The third kappa shape index (κ3) is 5.68. The van der Waals surface area contributed by atoms with E-state index >= 15 is 0 Å². The fraction of sp³-hybridized carbons (Fsp3) is 0.217. The summed E-state index contributed by atoms with van der Waals surface area (Å²) in [4.78, 5) is 16.7. The molecular weight excluding hydrogens is 334 g/mol. The molecule has 1 amide bonds. The minimum absolute atomic E-state index is 0.152. The van der Waals surface area contributed by atoms with Crippen molar-refractivity contribution in [3.05, 3.63) is 89.2 Å². The number of carbonyl (C=O) groups is 1. The van der Waals surface area contributed by atoms with Gasteiger partial charge in [0.25, 0.3) is 5.91 Å². The van der Waals surface area contributed by atoms with Gasteiger partial charge >= 0.3 is 0 Å². The molecular formula is C23H25N3O. The van der Waals surface area contributed by atoms with Crippen LogP contribution in [0.15, 0.2) is 67.0 Å². The molecule has 0 aliphatic rings. The predicted octanol–water partition coefficient (Wildman–Crippen LogP) is 5.00. The van der Waals surface area contributed by atoms with E-state index < -0.39 is 0 Å². The van der Waals surface area contributed by atoms with E-state index in [9.17, 15) is 4.79 Å². The van der Waals surface area contributed by atoms with Gasteiger partial charge < -0.3 is 10.6 Å². The number of aryl methyl sites for hydroxylation is 3. The first-order valence-electron chi connectivity index (χ1n) is 9.23. The van der Waals surface area contributed by atoms with Crippen LogP contribution in [0.4, 0.5) is 11.4 Å². The number of anilines is 2. The Labute approximate surface area is 160 Å². The maximum absolute atomic E-state index is 12.5. The lowest BCUT2D eigenvalue weighted by Crippen LogP contribution is -2.13. The van der Waals surface area contributed by atoms with Gasteiger partial charge in [-0.15, -0.1) is 0 Å². The van der Waals surface area contributed by atoms with Crippen LogP contribution in [0.5, 0.6) is 0 Å². The van der Waals surface area contributed by atoms with E-state index in [0.29, 0.717) is 5.56 Å². The minimum atomic E-state index is -0.152. The summed E-state index contributed by atoms with van der Waals surface area (Å²) < 4.78 is 0. The van der Waals surface area contributed by atoms with Crippen molar-refractivity contribution in [2.75, 3.05) is 17.2 Å². The number of nitrogens with one attached hydrogen (secondary N) is 2. The lowest BCUT2D eigenvalue weighted by Gasteiger charge is -2.10. The smallest absolute Gasteiger partial charge is 0.257 e. The van der Waals surface area contributed by atoms with Gasteiger partial charge in [0, 0.05) is 24.6 Å². The fourth-order valence-electron chi connectivity index (χ4n) is 3.08. The lowest BCUT2D eigenvalue weighted by atomic mass is 10.1. The molecule has 0 radical (unpaired) electrons. The molecule has 0 aliphatic carbocycles. The molecule has 1 aromatic heterocycles. The molecule has 0 fully saturated rings. The van der Waals surface area contributed by atoms with Crippen LogP contribution in [-0.4, -0.2) is 17.4 Å². The van der Waals surface area contributed by atoms with E-state index in [1.165, 1.54) is 5.56 Å². The number of amides is 1. The number of rotatable bonds is 7. The van der Waals surface area contributed by atoms with Crippen LogP contribution in [0.1, 0.15) is 33.5 Å². The molecule has 4 nitrogen and oxygen atoms in total. The normalized spacial score (nSPS) is 10.4. The third-order valence-electron chi connectivity index (χ3n) is 4.29. The Hall–Kier alpha value is -3.14. The summed E-state index contributed by atoms with van der Waals surface area (Å²) in [5, 5.41) is 6.30. The first kappa shape index (κ1) is 18.6. The summed E-state index contributed by atoms with van der Waals surface area (Å²) >= 11 is 0. The summed E-state index contributed by atoms with van der Waals surface area (Å²) in [6.45, 7) is 4.87. The van der Waals surface area contributed by atoms with E-state index in [0.717, 1.165) is 41.9 Å². The maximum atomic E-state index is 12.5. The molecule has 2 N–H and O–H groups in total. The molecule has 0 atom stereocenters. The number of carbonyl (C=O) groups excluding carboxylic acids is 1. The van der Waals surface area contributed by atoms with Gasteiger partial charge in [-0.3, -0.25) is 9.78 Å². The number of pyridine rings is 1. The molecule has 4 heteroatoms. The zero-order valence-corrected chi connectivity index (χ0v) is 15.8. The monoisotopic (exact) mass is 359 g/mol. The average molecular weight is 359 g/mol. The van der Waals surface area contributed by atoms with Crippen LogP contribution in [-0.2, 0) is 6.42 Å². The Morgan fingerprint density at radius 2 is 1.67 bits per heavy atom. The van der Waals surface area contributed by atoms with Crippen LogP contribution in [0, 0.1) is 13.8 Å². The zero-order valence-electron chi connectivity index (χ0n) is 15.8. The summed E-state index contributed by atoms with van der Waals surface area (Å²) in [5.41, 5.74) is 5.78. The van der Waals surface area contributed by atoms with Gasteiger partial charge in [-0.2, -0.15) is 0 Å². The zero-order chi connectivity index (χ0) is 19.1. The van der Waals surface area contributed by atoms with E-state index in [1.54, 1.807) is 12.4 Å².